The van der Waals surface area contributed by atoms with E-state index in [0.29, 0.717) is 23.3 Å². The summed E-state index contributed by atoms with van der Waals surface area (Å²) in [5, 5.41) is 18.7. The predicted molar refractivity (Wildman–Crippen MR) is 106 cm³/mol. The molecule has 0 fully saturated rings. The fourth-order valence-corrected chi connectivity index (χ4v) is 2.63. The summed E-state index contributed by atoms with van der Waals surface area (Å²) in [6, 6.07) is 26.3. The van der Waals surface area contributed by atoms with Crippen molar-refractivity contribution in [2.45, 2.75) is 0 Å². The molecule has 0 saturated heterocycles. The summed E-state index contributed by atoms with van der Waals surface area (Å²) < 4.78 is 11.5. The van der Waals surface area contributed by atoms with Gasteiger partial charge in [0, 0.05) is 12.1 Å². The van der Waals surface area contributed by atoms with Gasteiger partial charge in [0.25, 0.3) is 0 Å². The van der Waals surface area contributed by atoms with E-state index in [2.05, 4.69) is 4.98 Å². The molecular weight excluding hydrogens is 354 g/mol. The molecule has 0 aliphatic carbocycles. The highest BCUT2D eigenvalue weighted by Gasteiger charge is 2.04. The van der Waals surface area contributed by atoms with Crippen LogP contribution in [0.25, 0.3) is 11.1 Å². The number of phenolic OH excluding ortho intramolecular Hbond substituents is 2. The molecule has 5 nitrogen and oxygen atoms in total. The van der Waals surface area contributed by atoms with E-state index in [0.717, 1.165) is 11.1 Å². The lowest BCUT2D eigenvalue weighted by Gasteiger charge is -2.09. The van der Waals surface area contributed by atoms with Crippen LogP contribution >= 0.6 is 0 Å². The highest BCUT2D eigenvalue weighted by atomic mass is 16.5. The number of aromatic nitrogens is 1. The first-order valence-corrected chi connectivity index (χ1v) is 8.67. The summed E-state index contributed by atoms with van der Waals surface area (Å²) in [4.78, 5) is 4.34. The maximum Gasteiger partial charge on any atom is 0.222 e. The lowest BCUT2D eigenvalue weighted by atomic mass is 10.1. The maximum absolute atomic E-state index is 9.39. The normalized spacial score (nSPS) is 10.4. The van der Waals surface area contributed by atoms with Crippen LogP contribution in [0.2, 0.25) is 0 Å². The van der Waals surface area contributed by atoms with Gasteiger partial charge in [-0.2, -0.15) is 4.98 Å². The monoisotopic (exact) mass is 371 g/mol. The minimum absolute atomic E-state index is 0.174. The molecule has 1 heterocycles. The van der Waals surface area contributed by atoms with Gasteiger partial charge in [-0.15, -0.1) is 0 Å². The van der Waals surface area contributed by atoms with Crippen LogP contribution in [0.15, 0.2) is 91.0 Å². The zero-order valence-corrected chi connectivity index (χ0v) is 14.8. The van der Waals surface area contributed by atoms with Crippen molar-refractivity contribution in [3.05, 3.63) is 91.0 Å². The van der Waals surface area contributed by atoms with Gasteiger partial charge in [-0.05, 0) is 59.7 Å². The smallest absolute Gasteiger partial charge is 0.222 e. The van der Waals surface area contributed by atoms with E-state index in [-0.39, 0.29) is 11.5 Å². The Labute approximate surface area is 162 Å². The van der Waals surface area contributed by atoms with Gasteiger partial charge in [-0.1, -0.05) is 30.3 Å². The van der Waals surface area contributed by atoms with E-state index in [4.69, 9.17) is 9.47 Å². The molecule has 0 saturated carbocycles. The molecule has 0 bridgehead atoms. The van der Waals surface area contributed by atoms with Crippen LogP contribution in [-0.2, 0) is 0 Å². The molecule has 0 spiro atoms. The maximum atomic E-state index is 9.39. The first kappa shape index (κ1) is 17.4. The van der Waals surface area contributed by atoms with E-state index in [1.54, 1.807) is 54.6 Å². The molecule has 1 aromatic heterocycles. The third-order valence-corrected chi connectivity index (χ3v) is 4.03. The predicted octanol–water partition coefficient (Wildman–Crippen LogP) is 5.74. The first-order valence-electron chi connectivity index (χ1n) is 8.67. The van der Waals surface area contributed by atoms with Gasteiger partial charge in [-0.25, -0.2) is 0 Å². The van der Waals surface area contributed by atoms with Crippen molar-refractivity contribution in [2.75, 3.05) is 0 Å². The standard InChI is InChI=1S/C23H17NO4/c25-18-8-4-16(5-9-18)17-6-12-20(13-7-17)27-22-2-1-3-23(24-22)28-21-14-10-19(26)11-15-21/h1-15,25-26H. The Morgan fingerprint density at radius 3 is 1.39 bits per heavy atom. The highest BCUT2D eigenvalue weighted by molar-refractivity contribution is 5.64. The summed E-state index contributed by atoms with van der Waals surface area (Å²) in [5.41, 5.74) is 2.02. The van der Waals surface area contributed by atoms with Crippen molar-refractivity contribution in [3.63, 3.8) is 0 Å². The van der Waals surface area contributed by atoms with E-state index in [9.17, 15) is 10.2 Å². The molecule has 0 unspecified atom stereocenters. The topological polar surface area (TPSA) is 71.8 Å². The number of phenols is 2. The van der Waals surface area contributed by atoms with Crippen LogP contribution in [-0.4, -0.2) is 15.2 Å². The van der Waals surface area contributed by atoms with E-state index in [1.165, 1.54) is 0 Å². The number of hydrogen-bond acceptors (Lipinski definition) is 5. The van der Waals surface area contributed by atoms with Crippen LogP contribution in [0, 0.1) is 0 Å². The second kappa shape index (κ2) is 7.72. The Kier molecular flexibility index (Phi) is 4.80. The average molecular weight is 371 g/mol. The summed E-state index contributed by atoms with van der Waals surface area (Å²) in [5.74, 6) is 2.44. The van der Waals surface area contributed by atoms with Crippen molar-refractivity contribution in [2.24, 2.45) is 0 Å². The van der Waals surface area contributed by atoms with E-state index >= 15 is 0 Å². The van der Waals surface area contributed by atoms with Crippen molar-refractivity contribution in [3.8, 4) is 45.9 Å². The van der Waals surface area contributed by atoms with Gasteiger partial charge in [0.2, 0.25) is 11.8 Å². The van der Waals surface area contributed by atoms with Crippen LogP contribution < -0.4 is 9.47 Å². The SMILES string of the molecule is Oc1ccc(Oc2cccc(Oc3ccc(-c4ccc(O)cc4)cc3)n2)cc1. The second-order valence-corrected chi connectivity index (χ2v) is 6.08. The zero-order chi connectivity index (χ0) is 19.3. The zero-order valence-electron chi connectivity index (χ0n) is 14.8. The Morgan fingerprint density at radius 1 is 0.500 bits per heavy atom. The Bertz CT molecular complexity index is 1060. The van der Waals surface area contributed by atoms with Crippen LogP contribution in [0.4, 0.5) is 0 Å². The number of rotatable bonds is 5. The fraction of sp³-hybridized carbons (Fsp3) is 0. The van der Waals surface area contributed by atoms with Crippen molar-refractivity contribution >= 4 is 0 Å². The van der Waals surface area contributed by atoms with E-state index < -0.39 is 0 Å². The summed E-state index contributed by atoms with van der Waals surface area (Å²) in [7, 11) is 0. The number of benzene rings is 3. The first-order chi connectivity index (χ1) is 13.7. The molecule has 4 rings (SSSR count). The third-order valence-electron chi connectivity index (χ3n) is 4.03. The fourth-order valence-electron chi connectivity index (χ4n) is 2.63. The molecule has 138 valence electrons. The number of ether oxygens (including phenoxy) is 2. The Balaban J connectivity index is 1.46. The van der Waals surface area contributed by atoms with Gasteiger partial charge in [0.15, 0.2) is 0 Å². The van der Waals surface area contributed by atoms with Crippen molar-refractivity contribution in [1.82, 2.24) is 4.98 Å². The highest BCUT2D eigenvalue weighted by Crippen LogP contribution is 2.28. The van der Waals surface area contributed by atoms with Gasteiger partial charge in [0.1, 0.15) is 23.0 Å². The lowest BCUT2D eigenvalue weighted by Crippen LogP contribution is -1.91. The van der Waals surface area contributed by atoms with Crippen molar-refractivity contribution in [1.29, 1.82) is 0 Å². The van der Waals surface area contributed by atoms with Crippen molar-refractivity contribution < 1.29 is 19.7 Å². The summed E-state index contributed by atoms with van der Waals surface area (Å²) >= 11 is 0. The molecule has 0 radical (unpaired) electrons. The molecular formula is C23H17NO4. The minimum Gasteiger partial charge on any atom is -0.508 e. The summed E-state index contributed by atoms with van der Waals surface area (Å²) in [6.45, 7) is 0. The number of aromatic hydroxyl groups is 2. The Morgan fingerprint density at radius 2 is 0.893 bits per heavy atom. The lowest BCUT2D eigenvalue weighted by molar-refractivity contribution is 0.424. The van der Waals surface area contributed by atoms with Gasteiger partial charge >= 0.3 is 0 Å². The second-order valence-electron chi connectivity index (χ2n) is 6.08. The largest absolute Gasteiger partial charge is 0.508 e. The molecule has 0 amide bonds. The van der Waals surface area contributed by atoms with Gasteiger partial charge in [0.05, 0.1) is 0 Å². The summed E-state index contributed by atoms with van der Waals surface area (Å²) in [6.07, 6.45) is 0. The molecule has 3 aromatic carbocycles. The average Bonchev–Trinajstić information content (AvgIpc) is 2.71. The molecule has 0 atom stereocenters. The van der Waals surface area contributed by atoms with Gasteiger partial charge in [-0.3, -0.25) is 0 Å². The van der Waals surface area contributed by atoms with Crippen LogP contribution in [0.3, 0.4) is 0 Å². The van der Waals surface area contributed by atoms with Gasteiger partial charge < -0.3 is 19.7 Å². The minimum atomic E-state index is 0.174. The Hall–Kier alpha value is -3.99. The third kappa shape index (κ3) is 4.22. The molecule has 2 N–H and O–H groups in total. The van der Waals surface area contributed by atoms with Crippen LogP contribution in [0.1, 0.15) is 0 Å². The number of hydrogen-bond donors (Lipinski definition) is 2. The number of pyridine rings is 1. The molecule has 28 heavy (non-hydrogen) atoms. The number of nitrogens with zero attached hydrogens (tertiary/aromatic N) is 1. The molecule has 0 aliphatic heterocycles. The van der Waals surface area contributed by atoms with E-state index in [1.807, 2.05) is 36.4 Å². The molecule has 5 heteroatoms. The van der Waals surface area contributed by atoms with Crippen LogP contribution in [0.5, 0.6) is 34.8 Å². The molecule has 4 aromatic rings. The molecule has 0 aliphatic rings. The quantitative estimate of drug-likeness (QED) is 0.468.